The third-order valence-corrected chi connectivity index (χ3v) is 6.50. The van der Waals surface area contributed by atoms with Crippen molar-refractivity contribution in [2.45, 2.75) is 33.1 Å². The molecule has 2 aromatic rings. The Kier molecular flexibility index (Phi) is 6.09. The van der Waals surface area contributed by atoms with E-state index in [0.29, 0.717) is 47.5 Å². The molecule has 0 radical (unpaired) electrons. The van der Waals surface area contributed by atoms with E-state index in [-0.39, 0.29) is 11.6 Å². The summed E-state index contributed by atoms with van der Waals surface area (Å²) < 4.78 is 41.0. The lowest BCUT2D eigenvalue weighted by molar-refractivity contribution is -0.133. The minimum atomic E-state index is -3.40. The molecule has 0 aliphatic heterocycles. The zero-order valence-electron chi connectivity index (χ0n) is 16.3. The van der Waals surface area contributed by atoms with E-state index in [0.717, 1.165) is 5.56 Å². The summed E-state index contributed by atoms with van der Waals surface area (Å²) in [5.41, 5.74) is 5.00. The van der Waals surface area contributed by atoms with Crippen molar-refractivity contribution in [1.29, 1.82) is 0 Å². The van der Waals surface area contributed by atoms with Gasteiger partial charge in [-0.05, 0) is 68.5 Å². The summed E-state index contributed by atoms with van der Waals surface area (Å²) in [6, 6.07) is 8.53. The molecule has 0 saturated carbocycles. The van der Waals surface area contributed by atoms with Crippen LogP contribution in [-0.4, -0.2) is 25.3 Å². The van der Waals surface area contributed by atoms with Crippen LogP contribution in [0.5, 0.6) is 0 Å². The highest BCUT2D eigenvalue weighted by molar-refractivity contribution is 7.92. The Morgan fingerprint density at radius 2 is 2.00 bits per heavy atom. The van der Waals surface area contributed by atoms with E-state index in [2.05, 4.69) is 10.0 Å². The zero-order chi connectivity index (χ0) is 21.2. The molecule has 3 rings (SSSR count). The van der Waals surface area contributed by atoms with Crippen molar-refractivity contribution in [3.05, 3.63) is 52.8 Å². The molecule has 0 bridgehead atoms. The predicted octanol–water partition coefficient (Wildman–Crippen LogP) is 3.25. The fraction of sp³-hybridized carbons (Fsp3) is 0.350. The van der Waals surface area contributed by atoms with E-state index < -0.39 is 21.8 Å². The highest BCUT2D eigenvalue weighted by Gasteiger charge is 2.28. The average Bonchev–Trinajstić information content (AvgIpc) is 2.70. The van der Waals surface area contributed by atoms with Crippen LogP contribution < -0.4 is 15.5 Å². The summed E-state index contributed by atoms with van der Waals surface area (Å²) in [5, 5.41) is 12.0. The molecule has 1 aliphatic rings. The predicted molar refractivity (Wildman–Crippen MR) is 109 cm³/mol. The number of carbonyl (C=O) groups excluding carboxylic acids is 1. The minimum Gasteiger partial charge on any atom is -0.355 e. The number of fused-ring (bicyclic) bond motifs is 1. The molecule has 0 aromatic heterocycles. The lowest BCUT2D eigenvalue weighted by atomic mass is 9.82. The van der Waals surface area contributed by atoms with E-state index in [1.807, 2.05) is 6.07 Å². The van der Waals surface area contributed by atoms with Gasteiger partial charge in [0.15, 0.2) is 0 Å². The third-order valence-electron chi connectivity index (χ3n) is 5.19. The number of hydrogen-bond donors (Lipinski definition) is 4. The maximum Gasteiger partial charge on any atom is 0.246 e. The molecule has 0 saturated heterocycles. The van der Waals surface area contributed by atoms with Gasteiger partial charge in [0.25, 0.3) is 0 Å². The van der Waals surface area contributed by atoms with E-state index in [4.69, 9.17) is 5.21 Å². The molecule has 1 unspecified atom stereocenters. The van der Waals surface area contributed by atoms with E-state index in [1.54, 1.807) is 43.6 Å². The smallest absolute Gasteiger partial charge is 0.246 e. The number of hydroxylamine groups is 1. The summed E-state index contributed by atoms with van der Waals surface area (Å²) in [6.45, 7) is 3.22. The monoisotopic (exact) mass is 421 g/mol. The van der Waals surface area contributed by atoms with Gasteiger partial charge in [-0.25, -0.2) is 18.3 Å². The molecule has 0 fully saturated rings. The molecular weight excluding hydrogens is 397 g/mol. The molecule has 0 heterocycles. The summed E-state index contributed by atoms with van der Waals surface area (Å²) in [7, 11) is -3.40. The van der Waals surface area contributed by atoms with Gasteiger partial charge in [0.2, 0.25) is 15.9 Å². The van der Waals surface area contributed by atoms with Gasteiger partial charge in [-0.2, -0.15) is 0 Å². The molecule has 29 heavy (non-hydrogen) atoms. The Morgan fingerprint density at radius 1 is 1.28 bits per heavy atom. The first-order valence-electron chi connectivity index (χ1n) is 9.36. The Balaban J connectivity index is 1.89. The minimum absolute atomic E-state index is 0.0393. The van der Waals surface area contributed by atoms with Crippen LogP contribution in [-0.2, 0) is 27.7 Å². The van der Waals surface area contributed by atoms with Crippen LogP contribution in [0.25, 0.3) is 0 Å². The Bertz CT molecular complexity index is 1040. The van der Waals surface area contributed by atoms with Crippen molar-refractivity contribution in [2.75, 3.05) is 15.8 Å². The van der Waals surface area contributed by atoms with Gasteiger partial charge in [0.05, 0.1) is 11.4 Å². The first-order valence-corrected chi connectivity index (χ1v) is 11.0. The van der Waals surface area contributed by atoms with Crippen LogP contribution in [0.15, 0.2) is 30.3 Å². The highest BCUT2D eigenvalue weighted by Crippen LogP contribution is 2.34. The number of nitrogens with one attached hydrogen (secondary N) is 3. The summed E-state index contributed by atoms with van der Waals surface area (Å²) in [6.07, 6.45) is 1.24. The molecule has 7 nitrogen and oxygen atoms in total. The Hall–Kier alpha value is -2.65. The molecule has 2 aromatic carbocycles. The second-order valence-electron chi connectivity index (χ2n) is 7.13. The maximum atomic E-state index is 14.9. The topological polar surface area (TPSA) is 108 Å². The molecular formula is C20H24FN3O4S. The number of carbonyl (C=O) groups is 1. The van der Waals surface area contributed by atoms with E-state index >= 15 is 0 Å². The molecule has 1 aliphatic carbocycles. The number of amides is 1. The van der Waals surface area contributed by atoms with Crippen molar-refractivity contribution < 1.29 is 22.8 Å². The Labute approximate surface area is 169 Å². The quantitative estimate of drug-likeness (QED) is 0.423. The largest absolute Gasteiger partial charge is 0.355 e. The van der Waals surface area contributed by atoms with Crippen LogP contribution in [0.4, 0.5) is 21.5 Å². The van der Waals surface area contributed by atoms with Gasteiger partial charge in [-0.15, -0.1) is 0 Å². The Morgan fingerprint density at radius 3 is 2.69 bits per heavy atom. The first kappa shape index (κ1) is 21.1. The van der Waals surface area contributed by atoms with Crippen LogP contribution >= 0.6 is 0 Å². The maximum absolute atomic E-state index is 14.9. The van der Waals surface area contributed by atoms with E-state index in [9.17, 15) is 17.6 Å². The summed E-state index contributed by atoms with van der Waals surface area (Å²) in [4.78, 5) is 11.8. The van der Waals surface area contributed by atoms with Gasteiger partial charge in [-0.3, -0.25) is 14.7 Å². The van der Waals surface area contributed by atoms with Gasteiger partial charge < -0.3 is 5.32 Å². The molecule has 156 valence electrons. The SMILES string of the molecule is CCS(=O)(=O)Nc1cccc(Nc2cc3c(c(F)c2C)CCC(C(=O)NO)C3)c1. The lowest BCUT2D eigenvalue weighted by Gasteiger charge is -2.25. The van der Waals surface area contributed by atoms with Crippen LogP contribution in [0.1, 0.15) is 30.0 Å². The van der Waals surface area contributed by atoms with E-state index in [1.165, 1.54) is 0 Å². The van der Waals surface area contributed by atoms with Crippen molar-refractivity contribution >= 4 is 33.0 Å². The number of anilines is 3. The fourth-order valence-corrected chi connectivity index (χ4v) is 4.14. The number of hydrogen-bond acceptors (Lipinski definition) is 5. The summed E-state index contributed by atoms with van der Waals surface area (Å²) in [5.74, 6) is -1.23. The molecule has 0 spiro atoms. The number of halogens is 1. The van der Waals surface area contributed by atoms with Crippen molar-refractivity contribution in [3.8, 4) is 0 Å². The zero-order valence-corrected chi connectivity index (χ0v) is 17.1. The first-order chi connectivity index (χ1) is 13.7. The van der Waals surface area contributed by atoms with Gasteiger partial charge >= 0.3 is 0 Å². The lowest BCUT2D eigenvalue weighted by Crippen LogP contribution is -2.32. The van der Waals surface area contributed by atoms with Gasteiger partial charge in [-0.1, -0.05) is 6.07 Å². The van der Waals surface area contributed by atoms with Crippen LogP contribution in [0, 0.1) is 18.7 Å². The van der Waals surface area contributed by atoms with Crippen LogP contribution in [0.3, 0.4) is 0 Å². The number of benzene rings is 2. The van der Waals surface area contributed by atoms with Gasteiger partial charge in [0.1, 0.15) is 5.82 Å². The second-order valence-corrected chi connectivity index (χ2v) is 9.14. The highest BCUT2D eigenvalue weighted by atomic mass is 32.2. The molecule has 1 atom stereocenters. The molecule has 4 N–H and O–H groups in total. The molecule has 1 amide bonds. The average molecular weight is 421 g/mol. The second kappa shape index (κ2) is 8.38. The van der Waals surface area contributed by atoms with Gasteiger partial charge in [0, 0.05) is 22.9 Å². The normalized spacial score (nSPS) is 16.1. The summed E-state index contributed by atoms with van der Waals surface area (Å²) >= 11 is 0. The fourth-order valence-electron chi connectivity index (χ4n) is 3.51. The van der Waals surface area contributed by atoms with Crippen LogP contribution in [0.2, 0.25) is 0 Å². The standard InChI is InChI=1S/C20H24FN3O4S/c1-3-29(27,28)24-16-6-4-5-15(11-16)22-18-10-14-9-13(20(25)23-26)7-8-17(14)19(21)12(18)2/h4-6,10-11,13,22,24,26H,3,7-9H2,1-2H3,(H,23,25). The van der Waals surface area contributed by atoms with Crippen molar-refractivity contribution in [3.63, 3.8) is 0 Å². The van der Waals surface area contributed by atoms with Crippen molar-refractivity contribution in [1.82, 2.24) is 5.48 Å². The third kappa shape index (κ3) is 4.68. The molecule has 9 heteroatoms. The number of sulfonamides is 1. The van der Waals surface area contributed by atoms with Crippen molar-refractivity contribution in [2.24, 2.45) is 5.92 Å². The number of rotatable bonds is 6.